The van der Waals surface area contributed by atoms with Crippen LogP contribution >= 0.6 is 0 Å². The minimum atomic E-state index is -1.28. The van der Waals surface area contributed by atoms with Crippen molar-refractivity contribution in [2.45, 2.75) is 0 Å². The van der Waals surface area contributed by atoms with Crippen molar-refractivity contribution in [3.05, 3.63) is 65.9 Å². The molecule has 1 heterocycles. The zero-order valence-corrected chi connectivity index (χ0v) is 11.1. The molecule has 2 aromatic carbocycles. The summed E-state index contributed by atoms with van der Waals surface area (Å²) < 4.78 is 27.9. The van der Waals surface area contributed by atoms with E-state index in [4.69, 9.17) is 0 Å². The molecule has 0 fully saturated rings. The highest BCUT2D eigenvalue weighted by Crippen LogP contribution is 2.25. The number of nitrogens with zero attached hydrogens (tertiary/aromatic N) is 3. The van der Waals surface area contributed by atoms with Gasteiger partial charge in [-0.15, -0.1) is 5.10 Å². The lowest BCUT2D eigenvalue weighted by Crippen LogP contribution is -2.04. The molecule has 0 radical (unpaired) electrons. The highest BCUT2D eigenvalue weighted by Gasteiger charge is 2.21. The van der Waals surface area contributed by atoms with Gasteiger partial charge in [0.1, 0.15) is 17.3 Å². The maximum atomic E-state index is 13.4. The van der Waals surface area contributed by atoms with Gasteiger partial charge in [-0.3, -0.25) is 0 Å². The largest absolute Gasteiger partial charge is 0.476 e. The van der Waals surface area contributed by atoms with E-state index in [1.807, 2.05) is 0 Å². The van der Waals surface area contributed by atoms with Crippen LogP contribution in [0.1, 0.15) is 10.5 Å². The molecule has 3 aromatic rings. The Morgan fingerprint density at radius 2 is 1.68 bits per heavy atom. The maximum absolute atomic E-state index is 13.4. The molecular weight excluding hydrogens is 292 g/mol. The number of hydrogen-bond donors (Lipinski definition) is 1. The molecule has 7 heteroatoms. The first kappa shape index (κ1) is 13.9. The van der Waals surface area contributed by atoms with E-state index < -0.39 is 17.6 Å². The fourth-order valence-electron chi connectivity index (χ4n) is 2.12. The quantitative estimate of drug-likeness (QED) is 0.807. The minimum absolute atomic E-state index is 0.0522. The van der Waals surface area contributed by atoms with E-state index in [2.05, 4.69) is 10.3 Å². The predicted octanol–water partition coefficient (Wildman–Crippen LogP) is 2.91. The summed E-state index contributed by atoms with van der Waals surface area (Å²) in [6, 6.07) is 11.3. The van der Waals surface area contributed by atoms with E-state index in [1.54, 1.807) is 30.3 Å². The van der Waals surface area contributed by atoms with E-state index in [1.165, 1.54) is 0 Å². The number of carboxylic acid groups (broad SMARTS) is 1. The predicted molar refractivity (Wildman–Crippen MR) is 73.7 cm³/mol. The fourth-order valence-corrected chi connectivity index (χ4v) is 2.12. The van der Waals surface area contributed by atoms with Gasteiger partial charge < -0.3 is 5.11 Å². The Morgan fingerprint density at radius 1 is 1.05 bits per heavy atom. The van der Waals surface area contributed by atoms with Crippen molar-refractivity contribution in [2.24, 2.45) is 0 Å². The van der Waals surface area contributed by atoms with Gasteiger partial charge in [0.2, 0.25) is 0 Å². The highest BCUT2D eigenvalue weighted by atomic mass is 19.1. The molecule has 0 aliphatic carbocycles. The molecule has 0 saturated carbocycles. The van der Waals surface area contributed by atoms with Gasteiger partial charge in [0, 0.05) is 11.6 Å². The number of halogens is 2. The molecular formula is C15H9F2N3O2. The third-order valence-electron chi connectivity index (χ3n) is 3.01. The Labute approximate surface area is 123 Å². The van der Waals surface area contributed by atoms with Crippen molar-refractivity contribution < 1.29 is 18.7 Å². The Balaban J connectivity index is 2.27. The highest BCUT2D eigenvalue weighted by molar-refractivity contribution is 5.93. The smallest absolute Gasteiger partial charge is 0.358 e. The lowest BCUT2D eigenvalue weighted by Gasteiger charge is -2.07. The molecule has 0 atom stereocenters. The fraction of sp³-hybridized carbons (Fsp3) is 0. The summed E-state index contributed by atoms with van der Waals surface area (Å²) in [7, 11) is 0. The average molecular weight is 301 g/mol. The molecule has 22 heavy (non-hydrogen) atoms. The van der Waals surface area contributed by atoms with E-state index in [9.17, 15) is 18.7 Å². The molecule has 3 rings (SSSR count). The molecule has 0 bridgehead atoms. The zero-order chi connectivity index (χ0) is 15.7. The van der Waals surface area contributed by atoms with E-state index >= 15 is 0 Å². The Hall–Kier alpha value is -3.09. The minimum Gasteiger partial charge on any atom is -0.476 e. The maximum Gasteiger partial charge on any atom is 0.358 e. The molecule has 5 nitrogen and oxygen atoms in total. The van der Waals surface area contributed by atoms with Crippen molar-refractivity contribution in [1.29, 1.82) is 0 Å². The van der Waals surface area contributed by atoms with Crippen molar-refractivity contribution in [2.75, 3.05) is 0 Å². The SMILES string of the molecule is O=C(O)c1nnn(-c2cc(F)cc(F)c2)c1-c1ccccc1. The molecule has 110 valence electrons. The van der Waals surface area contributed by atoms with Gasteiger partial charge >= 0.3 is 5.97 Å². The van der Waals surface area contributed by atoms with Crippen LogP contribution in [0.4, 0.5) is 8.78 Å². The van der Waals surface area contributed by atoms with Crippen molar-refractivity contribution in [1.82, 2.24) is 15.0 Å². The normalized spacial score (nSPS) is 10.6. The topological polar surface area (TPSA) is 68.0 Å². The van der Waals surface area contributed by atoms with Gasteiger partial charge in [-0.1, -0.05) is 35.5 Å². The summed E-state index contributed by atoms with van der Waals surface area (Å²) >= 11 is 0. The lowest BCUT2D eigenvalue weighted by atomic mass is 10.1. The Kier molecular flexibility index (Phi) is 3.38. The number of carbonyl (C=O) groups is 1. The average Bonchev–Trinajstić information content (AvgIpc) is 2.92. The second-order valence-corrected chi connectivity index (χ2v) is 4.50. The van der Waals surface area contributed by atoms with E-state index in [0.29, 0.717) is 5.56 Å². The lowest BCUT2D eigenvalue weighted by molar-refractivity contribution is 0.0691. The number of carboxylic acids is 1. The monoisotopic (exact) mass is 301 g/mol. The number of aromatic carboxylic acids is 1. The summed E-state index contributed by atoms with van der Waals surface area (Å²) in [4.78, 5) is 11.3. The van der Waals surface area contributed by atoms with Crippen molar-refractivity contribution in [3.8, 4) is 16.9 Å². The molecule has 1 N–H and O–H groups in total. The van der Waals surface area contributed by atoms with Crippen LogP contribution in [0.2, 0.25) is 0 Å². The molecule has 0 saturated heterocycles. The van der Waals surface area contributed by atoms with Crippen molar-refractivity contribution in [3.63, 3.8) is 0 Å². The zero-order valence-electron chi connectivity index (χ0n) is 11.1. The molecule has 0 aliphatic heterocycles. The van der Waals surface area contributed by atoms with E-state index in [0.717, 1.165) is 22.9 Å². The molecule has 0 unspecified atom stereocenters. The van der Waals surface area contributed by atoms with E-state index in [-0.39, 0.29) is 17.1 Å². The van der Waals surface area contributed by atoms with Gasteiger partial charge in [0.15, 0.2) is 5.69 Å². The van der Waals surface area contributed by atoms with Crippen LogP contribution in [0.5, 0.6) is 0 Å². The molecule has 0 aliphatic rings. The Bertz CT molecular complexity index is 827. The number of benzene rings is 2. The number of aromatic nitrogens is 3. The first-order valence-electron chi connectivity index (χ1n) is 6.27. The third-order valence-corrected chi connectivity index (χ3v) is 3.01. The first-order chi connectivity index (χ1) is 10.6. The molecule has 0 spiro atoms. The van der Waals surface area contributed by atoms with Crippen LogP contribution in [0.25, 0.3) is 16.9 Å². The van der Waals surface area contributed by atoms with Crippen molar-refractivity contribution >= 4 is 5.97 Å². The second kappa shape index (κ2) is 5.36. The van der Waals surface area contributed by atoms with Gasteiger partial charge in [-0.25, -0.2) is 18.3 Å². The first-order valence-corrected chi connectivity index (χ1v) is 6.27. The van der Waals surface area contributed by atoms with Gasteiger partial charge in [0.05, 0.1) is 5.69 Å². The summed E-state index contributed by atoms with van der Waals surface area (Å²) in [5, 5.41) is 16.5. The summed E-state index contributed by atoms with van der Waals surface area (Å²) in [6.07, 6.45) is 0. The molecule has 1 aromatic heterocycles. The van der Waals surface area contributed by atoms with Gasteiger partial charge in [-0.05, 0) is 12.1 Å². The molecule has 0 amide bonds. The van der Waals surface area contributed by atoms with Gasteiger partial charge in [0.25, 0.3) is 0 Å². The van der Waals surface area contributed by atoms with Crippen LogP contribution in [0.3, 0.4) is 0 Å². The summed E-state index contributed by atoms with van der Waals surface area (Å²) in [5.41, 5.74) is 0.430. The standard InChI is InChI=1S/C15H9F2N3O2/c16-10-6-11(17)8-12(7-10)20-14(9-4-2-1-3-5-9)13(15(21)22)18-19-20/h1-8H,(H,21,22). The van der Waals surface area contributed by atoms with Crippen LogP contribution in [0, 0.1) is 11.6 Å². The summed E-state index contributed by atoms with van der Waals surface area (Å²) in [6.45, 7) is 0. The summed E-state index contributed by atoms with van der Waals surface area (Å²) in [5.74, 6) is -2.86. The second-order valence-electron chi connectivity index (χ2n) is 4.50. The number of rotatable bonds is 3. The van der Waals surface area contributed by atoms with Crippen LogP contribution < -0.4 is 0 Å². The van der Waals surface area contributed by atoms with Crippen LogP contribution in [0.15, 0.2) is 48.5 Å². The third kappa shape index (κ3) is 2.44. The van der Waals surface area contributed by atoms with Crippen LogP contribution in [-0.2, 0) is 0 Å². The number of hydrogen-bond acceptors (Lipinski definition) is 3. The van der Waals surface area contributed by atoms with Gasteiger partial charge in [-0.2, -0.15) is 0 Å². The Morgan fingerprint density at radius 3 is 2.27 bits per heavy atom. The van der Waals surface area contributed by atoms with Crippen LogP contribution in [-0.4, -0.2) is 26.1 Å².